The molecule has 0 spiro atoms. The largest absolute Gasteiger partial charge is 0.488 e. The minimum Gasteiger partial charge on any atom is -0.488 e. The van der Waals surface area contributed by atoms with Gasteiger partial charge in [-0.1, -0.05) is 35.9 Å². The number of benzene rings is 2. The number of hydrogen-bond acceptors (Lipinski definition) is 3. The highest BCUT2D eigenvalue weighted by molar-refractivity contribution is 7.09. The van der Waals surface area contributed by atoms with Gasteiger partial charge in [0, 0.05) is 27.7 Å². The summed E-state index contributed by atoms with van der Waals surface area (Å²) in [6.07, 6.45) is 0. The fourth-order valence-electron chi connectivity index (χ4n) is 2.10. The van der Waals surface area contributed by atoms with Crippen molar-refractivity contribution in [2.24, 2.45) is 0 Å². The van der Waals surface area contributed by atoms with E-state index in [1.54, 1.807) is 11.3 Å². The first-order chi connectivity index (χ1) is 10.8. The molecule has 0 bridgehead atoms. The molecule has 0 saturated heterocycles. The van der Waals surface area contributed by atoms with Crippen molar-refractivity contribution < 1.29 is 4.74 Å². The Balaban J connectivity index is 1.64. The van der Waals surface area contributed by atoms with Crippen LogP contribution in [0.25, 0.3) is 0 Å². The molecule has 0 saturated carbocycles. The summed E-state index contributed by atoms with van der Waals surface area (Å²) in [4.78, 5) is 1.22. The van der Waals surface area contributed by atoms with E-state index in [4.69, 9.17) is 16.3 Å². The molecule has 1 N–H and O–H groups in total. The highest BCUT2D eigenvalue weighted by atomic mass is 35.5. The van der Waals surface area contributed by atoms with Gasteiger partial charge in [0.2, 0.25) is 0 Å². The average molecular weight is 330 g/mol. The van der Waals surface area contributed by atoms with Crippen molar-refractivity contribution in [2.45, 2.75) is 13.2 Å². The molecule has 0 atom stereocenters. The van der Waals surface area contributed by atoms with Gasteiger partial charge in [-0.15, -0.1) is 11.3 Å². The smallest absolute Gasteiger partial charge is 0.124 e. The standard InChI is InChI=1S/C18H16ClNOS/c19-15-7-9-16(10-8-15)20-12-14-4-1-2-6-18(14)21-13-17-5-3-11-22-17/h1-11,20H,12-13H2. The van der Waals surface area contributed by atoms with Gasteiger partial charge in [-0.3, -0.25) is 0 Å². The van der Waals surface area contributed by atoms with Crippen LogP contribution in [0.3, 0.4) is 0 Å². The van der Waals surface area contributed by atoms with E-state index in [9.17, 15) is 0 Å². The Morgan fingerprint density at radius 1 is 0.955 bits per heavy atom. The average Bonchev–Trinajstić information content (AvgIpc) is 3.07. The first-order valence-corrected chi connectivity index (χ1v) is 8.29. The van der Waals surface area contributed by atoms with Gasteiger partial charge in [0.1, 0.15) is 12.4 Å². The number of hydrogen-bond donors (Lipinski definition) is 1. The third kappa shape index (κ3) is 4.03. The molecule has 0 radical (unpaired) electrons. The van der Waals surface area contributed by atoms with E-state index in [-0.39, 0.29) is 0 Å². The van der Waals surface area contributed by atoms with E-state index in [1.807, 2.05) is 48.5 Å². The zero-order valence-electron chi connectivity index (χ0n) is 12.0. The molecule has 0 fully saturated rings. The highest BCUT2D eigenvalue weighted by Crippen LogP contribution is 2.22. The number of halogens is 1. The van der Waals surface area contributed by atoms with Gasteiger partial charge >= 0.3 is 0 Å². The van der Waals surface area contributed by atoms with Crippen LogP contribution in [0.1, 0.15) is 10.4 Å². The second kappa shape index (κ2) is 7.34. The number of nitrogens with one attached hydrogen (secondary N) is 1. The second-order valence-electron chi connectivity index (χ2n) is 4.84. The van der Waals surface area contributed by atoms with Crippen LogP contribution in [-0.2, 0) is 13.2 Å². The maximum atomic E-state index is 5.94. The van der Waals surface area contributed by atoms with E-state index in [0.717, 1.165) is 22.0 Å². The summed E-state index contributed by atoms with van der Waals surface area (Å²) in [7, 11) is 0. The summed E-state index contributed by atoms with van der Waals surface area (Å²) in [5.74, 6) is 0.914. The van der Waals surface area contributed by atoms with Gasteiger partial charge in [-0.2, -0.15) is 0 Å². The van der Waals surface area contributed by atoms with Crippen molar-refractivity contribution in [3.05, 3.63) is 81.5 Å². The van der Waals surface area contributed by atoms with Crippen LogP contribution < -0.4 is 10.1 Å². The van der Waals surface area contributed by atoms with Gasteiger partial charge in [-0.05, 0) is 41.8 Å². The van der Waals surface area contributed by atoms with Crippen molar-refractivity contribution in [1.29, 1.82) is 0 Å². The fourth-order valence-corrected chi connectivity index (χ4v) is 2.84. The summed E-state index contributed by atoms with van der Waals surface area (Å²) in [6, 6.07) is 19.9. The summed E-state index contributed by atoms with van der Waals surface area (Å²) >= 11 is 7.60. The minimum absolute atomic E-state index is 0.607. The lowest BCUT2D eigenvalue weighted by Gasteiger charge is -2.12. The van der Waals surface area contributed by atoms with Crippen LogP contribution in [0.4, 0.5) is 5.69 Å². The van der Waals surface area contributed by atoms with Crippen LogP contribution in [0, 0.1) is 0 Å². The molecule has 22 heavy (non-hydrogen) atoms. The molecule has 112 valence electrons. The van der Waals surface area contributed by atoms with Crippen LogP contribution in [0.15, 0.2) is 66.0 Å². The third-order valence-electron chi connectivity index (χ3n) is 3.25. The Labute approximate surface area is 139 Å². The molecular weight excluding hydrogens is 314 g/mol. The Kier molecular flexibility index (Phi) is 4.99. The molecule has 1 aromatic heterocycles. The second-order valence-corrected chi connectivity index (χ2v) is 6.30. The van der Waals surface area contributed by atoms with Crippen molar-refractivity contribution in [3.8, 4) is 5.75 Å². The molecule has 0 aliphatic heterocycles. The summed E-state index contributed by atoms with van der Waals surface area (Å²) in [5, 5.41) is 6.19. The predicted molar refractivity (Wildman–Crippen MR) is 93.9 cm³/mol. The molecular formula is C18H16ClNOS. The van der Waals surface area contributed by atoms with Crippen molar-refractivity contribution in [1.82, 2.24) is 0 Å². The topological polar surface area (TPSA) is 21.3 Å². The zero-order valence-corrected chi connectivity index (χ0v) is 13.5. The van der Waals surface area contributed by atoms with E-state index < -0.39 is 0 Å². The number of thiophene rings is 1. The van der Waals surface area contributed by atoms with Crippen LogP contribution in [0.5, 0.6) is 5.75 Å². The van der Waals surface area contributed by atoms with Crippen LogP contribution in [0.2, 0.25) is 5.02 Å². The molecule has 3 aromatic rings. The molecule has 2 aromatic carbocycles. The lowest BCUT2D eigenvalue weighted by Crippen LogP contribution is -2.03. The van der Waals surface area contributed by atoms with Crippen LogP contribution in [-0.4, -0.2) is 0 Å². The van der Waals surface area contributed by atoms with Crippen molar-refractivity contribution >= 4 is 28.6 Å². The Morgan fingerprint density at radius 2 is 1.77 bits per heavy atom. The Hall–Kier alpha value is -1.97. The lowest BCUT2D eigenvalue weighted by molar-refractivity contribution is 0.307. The predicted octanol–water partition coefficient (Wildman–Crippen LogP) is 5.59. The molecule has 3 rings (SSSR count). The molecule has 0 amide bonds. The van der Waals surface area contributed by atoms with Gasteiger partial charge in [0.15, 0.2) is 0 Å². The van der Waals surface area contributed by atoms with Gasteiger partial charge in [0.25, 0.3) is 0 Å². The summed E-state index contributed by atoms with van der Waals surface area (Å²) < 4.78 is 5.94. The number of rotatable bonds is 6. The number of ether oxygens (including phenoxy) is 1. The minimum atomic E-state index is 0.607. The Bertz CT molecular complexity index is 710. The summed E-state index contributed by atoms with van der Waals surface area (Å²) in [6.45, 7) is 1.32. The van der Waals surface area contributed by atoms with Gasteiger partial charge in [0.05, 0.1) is 0 Å². The summed E-state index contributed by atoms with van der Waals surface area (Å²) in [5.41, 5.74) is 2.17. The van der Waals surface area contributed by atoms with Gasteiger partial charge in [-0.25, -0.2) is 0 Å². The number of anilines is 1. The quantitative estimate of drug-likeness (QED) is 0.636. The fraction of sp³-hybridized carbons (Fsp3) is 0.111. The molecule has 0 aliphatic carbocycles. The SMILES string of the molecule is Clc1ccc(NCc2ccccc2OCc2cccs2)cc1. The highest BCUT2D eigenvalue weighted by Gasteiger charge is 2.04. The molecule has 0 aliphatic rings. The molecule has 1 heterocycles. The van der Waals surface area contributed by atoms with E-state index in [2.05, 4.69) is 22.8 Å². The first-order valence-electron chi connectivity index (χ1n) is 7.04. The van der Waals surface area contributed by atoms with Crippen molar-refractivity contribution in [2.75, 3.05) is 5.32 Å². The van der Waals surface area contributed by atoms with Gasteiger partial charge < -0.3 is 10.1 Å². The Morgan fingerprint density at radius 3 is 2.55 bits per heavy atom. The van der Waals surface area contributed by atoms with Crippen LogP contribution >= 0.6 is 22.9 Å². The normalized spacial score (nSPS) is 10.4. The first kappa shape index (κ1) is 14.9. The molecule has 4 heteroatoms. The molecule has 0 unspecified atom stereocenters. The molecule has 2 nitrogen and oxygen atoms in total. The lowest BCUT2D eigenvalue weighted by atomic mass is 10.2. The van der Waals surface area contributed by atoms with E-state index >= 15 is 0 Å². The monoisotopic (exact) mass is 329 g/mol. The third-order valence-corrected chi connectivity index (χ3v) is 4.35. The zero-order chi connectivity index (χ0) is 15.2. The maximum absolute atomic E-state index is 5.94. The maximum Gasteiger partial charge on any atom is 0.124 e. The van der Waals surface area contributed by atoms with E-state index in [1.165, 1.54) is 4.88 Å². The van der Waals surface area contributed by atoms with Crippen molar-refractivity contribution in [3.63, 3.8) is 0 Å². The number of para-hydroxylation sites is 1. The van der Waals surface area contributed by atoms with E-state index in [0.29, 0.717) is 13.2 Å².